The number of nitrogens with one attached hydrogen (secondary N) is 1. The lowest BCUT2D eigenvalue weighted by Crippen LogP contribution is -2.37. The highest BCUT2D eigenvalue weighted by atomic mass is 16.3. The van der Waals surface area contributed by atoms with Crippen LogP contribution in [0.1, 0.15) is 41.6 Å². The molecular weight excluding hydrogens is 230 g/mol. The van der Waals surface area contributed by atoms with Crippen LogP contribution in [0.15, 0.2) is 18.2 Å². The smallest absolute Gasteiger partial charge is 0.255 e. The molecule has 0 heterocycles. The first-order valence-corrected chi connectivity index (χ1v) is 6.18. The summed E-state index contributed by atoms with van der Waals surface area (Å²) in [6.07, 6.45) is 2.45. The number of phenolic OH excluding ortho intramolecular Hbond substituents is 1. The van der Waals surface area contributed by atoms with Crippen LogP contribution >= 0.6 is 0 Å². The number of hydrogen-bond acceptors (Lipinski definition) is 3. The van der Waals surface area contributed by atoms with Gasteiger partial charge in [-0.15, -0.1) is 0 Å². The molecule has 0 radical (unpaired) electrons. The molecule has 0 unspecified atom stereocenters. The van der Waals surface area contributed by atoms with Crippen molar-refractivity contribution in [1.82, 2.24) is 5.32 Å². The number of carbonyl (C=O) groups is 2. The minimum Gasteiger partial charge on any atom is -0.507 e. The molecule has 1 amide bonds. The van der Waals surface area contributed by atoms with E-state index in [1.54, 1.807) is 12.1 Å². The fraction of sp³-hybridized carbons (Fsp3) is 0.429. The largest absolute Gasteiger partial charge is 0.507 e. The molecule has 1 aliphatic rings. The molecule has 2 rings (SSSR count). The van der Waals surface area contributed by atoms with E-state index in [4.69, 9.17) is 0 Å². The Labute approximate surface area is 106 Å². The number of amides is 1. The van der Waals surface area contributed by atoms with Gasteiger partial charge in [0.15, 0.2) is 0 Å². The van der Waals surface area contributed by atoms with Crippen LogP contribution in [0.4, 0.5) is 0 Å². The molecule has 4 nitrogen and oxygen atoms in total. The monoisotopic (exact) mass is 247 g/mol. The average Bonchev–Trinajstić information content (AvgIpc) is 2.35. The number of aryl methyl sites for hydroxylation is 1. The third-order valence-electron chi connectivity index (χ3n) is 3.28. The lowest BCUT2D eigenvalue weighted by atomic mass is 9.94. The number of benzene rings is 1. The lowest BCUT2D eigenvalue weighted by molar-refractivity contribution is -0.120. The Morgan fingerprint density at radius 3 is 2.67 bits per heavy atom. The predicted octanol–water partition coefficient (Wildman–Crippen LogP) is 1.94. The number of ketones is 1. The Hall–Kier alpha value is -1.84. The maximum atomic E-state index is 12.0. The topological polar surface area (TPSA) is 66.4 Å². The van der Waals surface area contributed by atoms with Gasteiger partial charge in [-0.1, -0.05) is 11.6 Å². The fourth-order valence-electron chi connectivity index (χ4n) is 2.18. The van der Waals surface area contributed by atoms with E-state index in [0.717, 1.165) is 5.56 Å². The van der Waals surface area contributed by atoms with Crippen molar-refractivity contribution in [3.63, 3.8) is 0 Å². The van der Waals surface area contributed by atoms with Crippen molar-refractivity contribution in [2.45, 2.75) is 38.6 Å². The predicted molar refractivity (Wildman–Crippen MR) is 67.6 cm³/mol. The molecule has 0 aliphatic heterocycles. The van der Waals surface area contributed by atoms with E-state index >= 15 is 0 Å². The van der Waals surface area contributed by atoms with E-state index in [0.29, 0.717) is 31.2 Å². The van der Waals surface area contributed by atoms with Crippen molar-refractivity contribution >= 4 is 11.7 Å². The van der Waals surface area contributed by atoms with Gasteiger partial charge in [-0.3, -0.25) is 9.59 Å². The molecule has 0 aromatic heterocycles. The first-order chi connectivity index (χ1) is 8.56. The molecule has 1 aromatic rings. The van der Waals surface area contributed by atoms with Crippen molar-refractivity contribution in [1.29, 1.82) is 0 Å². The van der Waals surface area contributed by atoms with Crippen molar-refractivity contribution in [3.8, 4) is 5.75 Å². The summed E-state index contributed by atoms with van der Waals surface area (Å²) in [5.74, 6) is -0.0144. The van der Waals surface area contributed by atoms with Gasteiger partial charge in [0.25, 0.3) is 5.91 Å². The van der Waals surface area contributed by atoms with Crippen LogP contribution in [0, 0.1) is 6.92 Å². The normalized spacial score (nSPS) is 16.6. The minimum absolute atomic E-state index is 0.00927. The number of hydrogen-bond donors (Lipinski definition) is 2. The van der Waals surface area contributed by atoms with Crippen molar-refractivity contribution < 1.29 is 14.7 Å². The van der Waals surface area contributed by atoms with Gasteiger partial charge in [0, 0.05) is 18.9 Å². The summed E-state index contributed by atoms with van der Waals surface area (Å²) in [6, 6.07) is 4.98. The third kappa shape index (κ3) is 2.88. The second-order valence-electron chi connectivity index (χ2n) is 4.81. The maximum Gasteiger partial charge on any atom is 0.255 e. The summed E-state index contributed by atoms with van der Waals surface area (Å²) in [4.78, 5) is 23.1. The SMILES string of the molecule is Cc1ccc(O)c(C(=O)NC2CCC(=O)CC2)c1. The second-order valence-corrected chi connectivity index (χ2v) is 4.81. The van der Waals surface area contributed by atoms with E-state index in [1.807, 2.05) is 6.92 Å². The standard InChI is InChI=1S/C14H17NO3/c1-9-2-7-13(17)12(8-9)14(18)15-10-3-5-11(16)6-4-10/h2,7-8,10,17H,3-6H2,1H3,(H,15,18). The summed E-state index contributed by atoms with van der Waals surface area (Å²) < 4.78 is 0. The van der Waals surface area contributed by atoms with Gasteiger partial charge in [0.05, 0.1) is 5.56 Å². The number of phenols is 1. The van der Waals surface area contributed by atoms with Crippen LogP contribution in [0.25, 0.3) is 0 Å². The van der Waals surface area contributed by atoms with E-state index in [1.165, 1.54) is 6.07 Å². The first-order valence-electron chi connectivity index (χ1n) is 6.18. The number of aromatic hydroxyl groups is 1. The highest BCUT2D eigenvalue weighted by Gasteiger charge is 2.21. The summed E-state index contributed by atoms with van der Waals surface area (Å²) in [5, 5.41) is 12.5. The van der Waals surface area contributed by atoms with Crippen molar-refractivity contribution in [3.05, 3.63) is 29.3 Å². The molecule has 2 N–H and O–H groups in total. The van der Waals surface area contributed by atoms with Crippen LogP contribution in [-0.4, -0.2) is 22.8 Å². The molecule has 1 saturated carbocycles. The summed E-state index contributed by atoms with van der Waals surface area (Å²) in [7, 11) is 0. The van der Waals surface area contributed by atoms with Gasteiger partial charge in [0.2, 0.25) is 0 Å². The maximum absolute atomic E-state index is 12.0. The van der Waals surface area contributed by atoms with Crippen LogP contribution in [-0.2, 0) is 4.79 Å². The molecule has 4 heteroatoms. The molecular formula is C14H17NO3. The molecule has 0 spiro atoms. The van der Waals surface area contributed by atoms with Gasteiger partial charge in [0.1, 0.15) is 11.5 Å². The third-order valence-corrected chi connectivity index (χ3v) is 3.28. The summed E-state index contributed by atoms with van der Waals surface area (Å²) >= 11 is 0. The number of Topliss-reactive ketones (excluding diaryl/α,β-unsaturated/α-hetero) is 1. The molecule has 18 heavy (non-hydrogen) atoms. The van der Waals surface area contributed by atoms with E-state index in [-0.39, 0.29) is 23.5 Å². The zero-order chi connectivity index (χ0) is 13.1. The highest BCUT2D eigenvalue weighted by molar-refractivity contribution is 5.97. The number of carbonyl (C=O) groups excluding carboxylic acids is 2. The van der Waals surface area contributed by atoms with Gasteiger partial charge in [-0.2, -0.15) is 0 Å². The Kier molecular flexibility index (Phi) is 3.65. The zero-order valence-corrected chi connectivity index (χ0v) is 10.4. The van der Waals surface area contributed by atoms with Gasteiger partial charge >= 0.3 is 0 Å². The quantitative estimate of drug-likeness (QED) is 0.839. The highest BCUT2D eigenvalue weighted by Crippen LogP contribution is 2.20. The second kappa shape index (κ2) is 5.21. The molecule has 96 valence electrons. The Balaban J connectivity index is 2.03. The van der Waals surface area contributed by atoms with Gasteiger partial charge in [-0.05, 0) is 31.9 Å². The summed E-state index contributed by atoms with van der Waals surface area (Å²) in [6.45, 7) is 1.87. The van der Waals surface area contributed by atoms with Gasteiger partial charge in [-0.25, -0.2) is 0 Å². The molecule has 1 aromatic carbocycles. The summed E-state index contributed by atoms with van der Waals surface area (Å²) in [5.41, 5.74) is 1.23. The molecule has 0 saturated heterocycles. The van der Waals surface area contributed by atoms with Crippen LogP contribution in [0.5, 0.6) is 5.75 Å². The van der Waals surface area contributed by atoms with Gasteiger partial charge < -0.3 is 10.4 Å². The lowest BCUT2D eigenvalue weighted by Gasteiger charge is -2.22. The van der Waals surface area contributed by atoms with E-state index in [9.17, 15) is 14.7 Å². The molecule has 1 fully saturated rings. The first kappa shape index (κ1) is 12.6. The van der Waals surface area contributed by atoms with Crippen LogP contribution in [0.3, 0.4) is 0 Å². The molecule has 0 atom stereocenters. The molecule has 0 bridgehead atoms. The Morgan fingerprint density at radius 1 is 1.33 bits per heavy atom. The zero-order valence-electron chi connectivity index (χ0n) is 10.4. The number of rotatable bonds is 2. The van der Waals surface area contributed by atoms with Crippen molar-refractivity contribution in [2.75, 3.05) is 0 Å². The van der Waals surface area contributed by atoms with Crippen LogP contribution in [0.2, 0.25) is 0 Å². The Morgan fingerprint density at radius 2 is 2.00 bits per heavy atom. The van der Waals surface area contributed by atoms with E-state index < -0.39 is 0 Å². The minimum atomic E-state index is -0.268. The average molecular weight is 247 g/mol. The van der Waals surface area contributed by atoms with Crippen LogP contribution < -0.4 is 5.32 Å². The van der Waals surface area contributed by atoms with E-state index in [2.05, 4.69) is 5.32 Å². The fourth-order valence-corrected chi connectivity index (χ4v) is 2.18. The Bertz CT molecular complexity index is 472. The van der Waals surface area contributed by atoms with Crippen molar-refractivity contribution in [2.24, 2.45) is 0 Å². The molecule has 1 aliphatic carbocycles.